The van der Waals surface area contributed by atoms with Crippen molar-refractivity contribution in [1.82, 2.24) is 5.32 Å². The first-order valence-corrected chi connectivity index (χ1v) is 5.39. The van der Waals surface area contributed by atoms with Crippen molar-refractivity contribution < 1.29 is 9.18 Å². The van der Waals surface area contributed by atoms with Gasteiger partial charge in [-0.3, -0.25) is 4.79 Å². The molecule has 3 N–H and O–H groups in total. The summed E-state index contributed by atoms with van der Waals surface area (Å²) >= 11 is 0. The van der Waals surface area contributed by atoms with Crippen LogP contribution in [0.15, 0.2) is 24.3 Å². The maximum Gasteiger partial charge on any atom is 0.233 e. The highest BCUT2D eigenvalue weighted by Gasteiger charge is 2.44. The molecule has 1 fully saturated rings. The van der Waals surface area contributed by atoms with Crippen molar-refractivity contribution in [3.05, 3.63) is 35.6 Å². The molecule has 1 aromatic carbocycles. The second-order valence-corrected chi connectivity index (χ2v) is 4.27. The van der Waals surface area contributed by atoms with E-state index in [-0.39, 0.29) is 23.7 Å². The fourth-order valence-electron chi connectivity index (χ4n) is 1.88. The minimum atomic E-state index is -0.228. The number of nitrogens with one attached hydrogen (secondary N) is 1. The van der Waals surface area contributed by atoms with Gasteiger partial charge in [0.25, 0.3) is 0 Å². The van der Waals surface area contributed by atoms with E-state index in [1.165, 1.54) is 6.07 Å². The van der Waals surface area contributed by atoms with Crippen LogP contribution in [0.2, 0.25) is 0 Å². The Labute approximate surface area is 93.8 Å². The van der Waals surface area contributed by atoms with Gasteiger partial charge in [0.2, 0.25) is 5.91 Å². The quantitative estimate of drug-likeness (QED) is 0.796. The van der Waals surface area contributed by atoms with Gasteiger partial charge in [-0.25, -0.2) is 4.39 Å². The Kier molecular flexibility index (Phi) is 2.92. The average molecular weight is 222 g/mol. The average Bonchev–Trinajstić information content (AvgIpc) is 3.07. The molecule has 1 amide bonds. The van der Waals surface area contributed by atoms with Gasteiger partial charge in [-0.1, -0.05) is 12.1 Å². The van der Waals surface area contributed by atoms with Gasteiger partial charge < -0.3 is 11.1 Å². The largest absolute Gasteiger partial charge is 0.354 e. The number of hydrogen-bond acceptors (Lipinski definition) is 2. The van der Waals surface area contributed by atoms with Gasteiger partial charge in [0.05, 0.1) is 6.54 Å². The lowest BCUT2D eigenvalue weighted by Gasteiger charge is -2.16. The number of carbonyl (C=O) groups is 1. The fraction of sp³-hybridized carbons (Fsp3) is 0.417. The molecular weight excluding hydrogens is 207 g/mol. The molecule has 16 heavy (non-hydrogen) atoms. The molecule has 0 radical (unpaired) electrons. The predicted octanol–water partition coefficient (Wildman–Crippen LogP) is 0.932. The fourth-order valence-corrected chi connectivity index (χ4v) is 1.88. The van der Waals surface area contributed by atoms with Crippen LogP contribution in [0.25, 0.3) is 0 Å². The van der Waals surface area contributed by atoms with Crippen LogP contribution in [0.3, 0.4) is 0 Å². The van der Waals surface area contributed by atoms with Crippen LogP contribution in [-0.4, -0.2) is 19.0 Å². The second kappa shape index (κ2) is 4.22. The first-order valence-electron chi connectivity index (χ1n) is 5.39. The Morgan fingerprint density at radius 1 is 1.50 bits per heavy atom. The molecule has 2 rings (SSSR count). The van der Waals surface area contributed by atoms with E-state index in [0.717, 1.165) is 18.4 Å². The van der Waals surface area contributed by atoms with Crippen LogP contribution >= 0.6 is 0 Å². The Morgan fingerprint density at radius 3 is 2.81 bits per heavy atom. The molecule has 0 aliphatic heterocycles. The van der Waals surface area contributed by atoms with Crippen molar-refractivity contribution in [3.63, 3.8) is 0 Å². The van der Waals surface area contributed by atoms with Gasteiger partial charge >= 0.3 is 0 Å². The van der Waals surface area contributed by atoms with Crippen LogP contribution in [0.4, 0.5) is 4.39 Å². The van der Waals surface area contributed by atoms with Gasteiger partial charge in [0, 0.05) is 12.0 Å². The number of hydrogen-bond donors (Lipinski definition) is 2. The summed E-state index contributed by atoms with van der Waals surface area (Å²) in [6, 6.07) is 6.58. The summed E-state index contributed by atoms with van der Waals surface area (Å²) < 4.78 is 13.1. The van der Waals surface area contributed by atoms with E-state index < -0.39 is 0 Å². The zero-order valence-electron chi connectivity index (χ0n) is 9.00. The molecule has 0 unspecified atom stereocenters. The molecule has 4 heteroatoms. The lowest BCUT2D eigenvalue weighted by Crippen LogP contribution is -2.36. The van der Waals surface area contributed by atoms with Crippen LogP contribution in [0.5, 0.6) is 0 Å². The number of rotatable bonds is 4. The molecule has 0 bridgehead atoms. The van der Waals surface area contributed by atoms with Gasteiger partial charge in [-0.05, 0) is 30.5 Å². The molecule has 0 aromatic heterocycles. The van der Waals surface area contributed by atoms with Crippen LogP contribution < -0.4 is 11.1 Å². The number of amides is 1. The van der Waals surface area contributed by atoms with Crippen molar-refractivity contribution >= 4 is 5.91 Å². The minimum absolute atomic E-state index is 0.000763. The number of carbonyl (C=O) groups excluding carboxylic acids is 1. The van der Waals surface area contributed by atoms with Gasteiger partial charge in [-0.2, -0.15) is 0 Å². The number of nitrogens with two attached hydrogens (primary N) is 1. The Hall–Kier alpha value is -1.42. The first-order chi connectivity index (χ1) is 7.66. The standard InChI is InChI=1S/C12H15FN2O/c13-10-3-1-2-9(6-10)12(4-5-12)8-15-11(16)7-14/h1-3,6H,4-5,7-8,14H2,(H,15,16). The monoisotopic (exact) mass is 222 g/mol. The SMILES string of the molecule is NCC(=O)NCC1(c2cccc(F)c2)CC1. The van der Waals surface area contributed by atoms with Crippen LogP contribution in [0, 0.1) is 5.82 Å². The molecule has 3 nitrogen and oxygen atoms in total. The summed E-state index contributed by atoms with van der Waals surface area (Å²) in [6.07, 6.45) is 1.97. The van der Waals surface area contributed by atoms with E-state index in [4.69, 9.17) is 5.73 Å². The van der Waals surface area contributed by atoms with E-state index in [0.29, 0.717) is 6.54 Å². The highest BCUT2D eigenvalue weighted by molar-refractivity contribution is 5.77. The molecule has 1 aliphatic rings. The molecule has 0 spiro atoms. The van der Waals surface area contributed by atoms with Crippen LogP contribution in [-0.2, 0) is 10.2 Å². The van der Waals surface area contributed by atoms with Crippen LogP contribution in [0.1, 0.15) is 18.4 Å². The highest BCUT2D eigenvalue weighted by Crippen LogP contribution is 2.47. The first kappa shape index (κ1) is 11.1. The van der Waals surface area contributed by atoms with E-state index in [1.807, 2.05) is 6.07 Å². The lowest BCUT2D eigenvalue weighted by molar-refractivity contribution is -0.119. The summed E-state index contributed by atoms with van der Waals surface area (Å²) in [5, 5.41) is 2.77. The van der Waals surface area contributed by atoms with Crippen molar-refractivity contribution in [2.45, 2.75) is 18.3 Å². The Bertz CT molecular complexity index is 402. The van der Waals surface area contributed by atoms with E-state index >= 15 is 0 Å². The molecule has 0 saturated heterocycles. The number of halogens is 1. The van der Waals surface area contributed by atoms with Crippen molar-refractivity contribution in [2.75, 3.05) is 13.1 Å². The maximum atomic E-state index is 13.1. The van der Waals surface area contributed by atoms with Gasteiger partial charge in [-0.15, -0.1) is 0 Å². The Balaban J connectivity index is 2.05. The molecule has 86 valence electrons. The van der Waals surface area contributed by atoms with Crippen molar-refractivity contribution in [1.29, 1.82) is 0 Å². The van der Waals surface area contributed by atoms with E-state index in [1.54, 1.807) is 12.1 Å². The Morgan fingerprint density at radius 2 is 2.25 bits per heavy atom. The smallest absolute Gasteiger partial charge is 0.233 e. The summed E-state index contributed by atoms with van der Waals surface area (Å²) in [7, 11) is 0. The topological polar surface area (TPSA) is 55.1 Å². The zero-order chi connectivity index (χ0) is 11.6. The molecule has 0 atom stereocenters. The third-order valence-corrected chi connectivity index (χ3v) is 3.10. The molecule has 1 saturated carbocycles. The predicted molar refractivity (Wildman–Crippen MR) is 59.4 cm³/mol. The van der Waals surface area contributed by atoms with Crippen molar-refractivity contribution in [3.8, 4) is 0 Å². The zero-order valence-corrected chi connectivity index (χ0v) is 9.00. The van der Waals surface area contributed by atoms with Gasteiger partial charge in [0.15, 0.2) is 0 Å². The summed E-state index contributed by atoms with van der Waals surface area (Å²) in [5.74, 6) is -0.392. The summed E-state index contributed by atoms with van der Waals surface area (Å²) in [4.78, 5) is 11.1. The molecule has 1 aromatic rings. The van der Waals surface area contributed by atoms with E-state index in [9.17, 15) is 9.18 Å². The normalized spacial score (nSPS) is 16.9. The maximum absolute atomic E-state index is 13.1. The lowest BCUT2D eigenvalue weighted by atomic mass is 9.96. The van der Waals surface area contributed by atoms with Gasteiger partial charge in [0.1, 0.15) is 5.82 Å². The third-order valence-electron chi connectivity index (χ3n) is 3.10. The molecular formula is C12H15FN2O. The molecule has 1 aliphatic carbocycles. The summed E-state index contributed by atoms with van der Waals surface area (Å²) in [6.45, 7) is 0.547. The summed E-state index contributed by atoms with van der Waals surface area (Å²) in [5.41, 5.74) is 6.11. The van der Waals surface area contributed by atoms with E-state index in [2.05, 4.69) is 5.32 Å². The highest BCUT2D eigenvalue weighted by atomic mass is 19.1. The minimum Gasteiger partial charge on any atom is -0.354 e. The van der Waals surface area contributed by atoms with Crippen molar-refractivity contribution in [2.24, 2.45) is 5.73 Å². The third kappa shape index (κ3) is 2.22. The second-order valence-electron chi connectivity index (χ2n) is 4.27. The number of benzene rings is 1. The molecule has 0 heterocycles.